The maximum Gasteiger partial charge on any atom is 0.0849 e. The standard InChI is InChI=1S/C19H26O/c1-12-3-4-17(13(2)5-12)18(20)19-9-14-6-15(10-19)8-16(7-14)11-19/h3-5,14-16,18,20H,6-11H2,1-2H3. The zero-order valence-corrected chi connectivity index (χ0v) is 12.7. The molecule has 0 radical (unpaired) electrons. The molecule has 0 saturated heterocycles. The Labute approximate surface area is 122 Å². The Kier molecular flexibility index (Phi) is 2.79. The zero-order valence-electron chi connectivity index (χ0n) is 12.7. The van der Waals surface area contributed by atoms with Gasteiger partial charge in [0.2, 0.25) is 0 Å². The van der Waals surface area contributed by atoms with Crippen LogP contribution in [0.1, 0.15) is 61.3 Å². The first-order chi connectivity index (χ1) is 9.56. The summed E-state index contributed by atoms with van der Waals surface area (Å²) in [6, 6.07) is 6.55. The van der Waals surface area contributed by atoms with Crippen LogP contribution in [0, 0.1) is 37.0 Å². The van der Waals surface area contributed by atoms with E-state index in [4.69, 9.17) is 0 Å². The highest BCUT2D eigenvalue weighted by Gasteiger charge is 2.54. The molecule has 1 aromatic rings. The normalized spacial score (nSPS) is 40.0. The summed E-state index contributed by atoms with van der Waals surface area (Å²) in [4.78, 5) is 0. The molecule has 0 aliphatic heterocycles. The van der Waals surface area contributed by atoms with Gasteiger partial charge in [-0.15, -0.1) is 0 Å². The zero-order chi connectivity index (χ0) is 13.9. The summed E-state index contributed by atoms with van der Waals surface area (Å²) in [5, 5.41) is 11.2. The molecule has 4 fully saturated rings. The molecule has 5 rings (SSSR count). The van der Waals surface area contributed by atoms with Crippen LogP contribution in [0.15, 0.2) is 18.2 Å². The van der Waals surface area contributed by atoms with Crippen molar-refractivity contribution in [2.45, 2.75) is 58.5 Å². The van der Waals surface area contributed by atoms with E-state index in [2.05, 4.69) is 32.0 Å². The molecule has 108 valence electrons. The maximum absolute atomic E-state index is 11.2. The second kappa shape index (κ2) is 4.34. The van der Waals surface area contributed by atoms with Gasteiger partial charge in [0.05, 0.1) is 6.10 Å². The van der Waals surface area contributed by atoms with Crippen LogP contribution in [0.25, 0.3) is 0 Å². The number of aliphatic hydroxyl groups excluding tert-OH is 1. The summed E-state index contributed by atoms with van der Waals surface area (Å²) in [5.74, 6) is 2.71. The van der Waals surface area contributed by atoms with Crippen molar-refractivity contribution in [3.05, 3.63) is 34.9 Å². The lowest BCUT2D eigenvalue weighted by Crippen LogP contribution is -2.49. The van der Waals surface area contributed by atoms with E-state index in [0.29, 0.717) is 0 Å². The van der Waals surface area contributed by atoms with Crippen molar-refractivity contribution in [3.8, 4) is 0 Å². The first-order valence-corrected chi connectivity index (χ1v) is 8.31. The minimum absolute atomic E-state index is 0.203. The van der Waals surface area contributed by atoms with E-state index in [9.17, 15) is 5.11 Å². The van der Waals surface area contributed by atoms with Crippen molar-refractivity contribution in [2.75, 3.05) is 0 Å². The second-order valence-corrected chi connectivity index (χ2v) is 8.04. The molecule has 1 heteroatoms. The summed E-state index contributed by atoms with van der Waals surface area (Å²) in [7, 11) is 0. The lowest BCUT2D eigenvalue weighted by Gasteiger charge is -2.58. The Bertz CT molecular complexity index is 495. The highest BCUT2D eigenvalue weighted by molar-refractivity contribution is 5.33. The summed E-state index contributed by atoms with van der Waals surface area (Å²) < 4.78 is 0. The fourth-order valence-corrected chi connectivity index (χ4v) is 5.97. The maximum atomic E-state index is 11.2. The first-order valence-electron chi connectivity index (χ1n) is 8.31. The van der Waals surface area contributed by atoms with Gasteiger partial charge in [-0.2, -0.15) is 0 Å². The summed E-state index contributed by atoms with van der Waals surface area (Å²) >= 11 is 0. The molecule has 1 N–H and O–H groups in total. The fourth-order valence-electron chi connectivity index (χ4n) is 5.97. The Morgan fingerprint density at radius 2 is 1.55 bits per heavy atom. The lowest BCUT2D eigenvalue weighted by molar-refractivity contribution is -0.122. The van der Waals surface area contributed by atoms with Gasteiger partial charge in [0.1, 0.15) is 0 Å². The van der Waals surface area contributed by atoms with Gasteiger partial charge in [0.15, 0.2) is 0 Å². The molecular formula is C19H26O. The van der Waals surface area contributed by atoms with Crippen molar-refractivity contribution < 1.29 is 5.11 Å². The van der Waals surface area contributed by atoms with Crippen LogP contribution in [0.3, 0.4) is 0 Å². The molecule has 1 atom stereocenters. The van der Waals surface area contributed by atoms with Crippen LogP contribution in [0.4, 0.5) is 0 Å². The van der Waals surface area contributed by atoms with E-state index in [1.165, 1.54) is 55.2 Å². The Balaban J connectivity index is 1.69. The van der Waals surface area contributed by atoms with Gasteiger partial charge in [-0.1, -0.05) is 23.8 Å². The molecule has 0 amide bonds. The third-order valence-corrected chi connectivity index (χ3v) is 6.39. The van der Waals surface area contributed by atoms with Gasteiger partial charge in [-0.25, -0.2) is 0 Å². The minimum Gasteiger partial charge on any atom is -0.388 e. The Hall–Kier alpha value is -0.820. The van der Waals surface area contributed by atoms with Crippen molar-refractivity contribution >= 4 is 0 Å². The largest absolute Gasteiger partial charge is 0.388 e. The third-order valence-electron chi connectivity index (χ3n) is 6.39. The van der Waals surface area contributed by atoms with E-state index in [1.54, 1.807) is 0 Å². The molecule has 4 saturated carbocycles. The van der Waals surface area contributed by atoms with Crippen LogP contribution >= 0.6 is 0 Å². The monoisotopic (exact) mass is 270 g/mol. The molecule has 0 spiro atoms. The summed E-state index contributed by atoms with van der Waals surface area (Å²) in [6.07, 6.45) is 7.90. The van der Waals surface area contributed by atoms with E-state index >= 15 is 0 Å². The van der Waals surface area contributed by atoms with Gasteiger partial charge < -0.3 is 5.11 Å². The number of aryl methyl sites for hydroxylation is 2. The van der Waals surface area contributed by atoms with Gasteiger partial charge in [-0.05, 0) is 81.3 Å². The Morgan fingerprint density at radius 3 is 2.05 bits per heavy atom. The van der Waals surface area contributed by atoms with Gasteiger partial charge >= 0.3 is 0 Å². The molecule has 4 bridgehead atoms. The smallest absolute Gasteiger partial charge is 0.0849 e. The van der Waals surface area contributed by atoms with E-state index in [1.807, 2.05) is 0 Å². The van der Waals surface area contributed by atoms with Crippen LogP contribution in [0.2, 0.25) is 0 Å². The molecular weight excluding hydrogens is 244 g/mol. The van der Waals surface area contributed by atoms with Crippen molar-refractivity contribution in [1.29, 1.82) is 0 Å². The quantitative estimate of drug-likeness (QED) is 0.835. The molecule has 20 heavy (non-hydrogen) atoms. The van der Waals surface area contributed by atoms with Gasteiger partial charge in [-0.3, -0.25) is 0 Å². The van der Waals surface area contributed by atoms with E-state index < -0.39 is 0 Å². The minimum atomic E-state index is -0.239. The van der Waals surface area contributed by atoms with Gasteiger partial charge in [0.25, 0.3) is 0 Å². The molecule has 1 aromatic carbocycles. The summed E-state index contributed by atoms with van der Waals surface area (Å²) in [6.45, 7) is 4.29. The SMILES string of the molecule is Cc1ccc(C(O)C23CC4CC(CC(C4)C2)C3)c(C)c1. The van der Waals surface area contributed by atoms with Crippen LogP contribution in [0.5, 0.6) is 0 Å². The molecule has 4 aliphatic carbocycles. The average molecular weight is 270 g/mol. The highest BCUT2D eigenvalue weighted by atomic mass is 16.3. The molecule has 1 unspecified atom stereocenters. The average Bonchev–Trinajstić information content (AvgIpc) is 2.36. The summed E-state index contributed by atoms with van der Waals surface area (Å²) in [5.41, 5.74) is 3.96. The lowest BCUT2D eigenvalue weighted by atomic mass is 9.47. The van der Waals surface area contributed by atoms with Crippen molar-refractivity contribution in [2.24, 2.45) is 23.2 Å². The first kappa shape index (κ1) is 12.9. The van der Waals surface area contributed by atoms with Crippen LogP contribution in [-0.4, -0.2) is 5.11 Å². The third kappa shape index (κ3) is 1.86. The molecule has 0 aromatic heterocycles. The predicted octanol–water partition coefficient (Wildman–Crippen LogP) is 4.55. The van der Waals surface area contributed by atoms with Crippen LogP contribution in [-0.2, 0) is 0 Å². The number of hydrogen-bond acceptors (Lipinski definition) is 1. The molecule has 1 nitrogen and oxygen atoms in total. The number of hydrogen-bond donors (Lipinski definition) is 1. The highest BCUT2D eigenvalue weighted by Crippen LogP contribution is 2.64. The Morgan fingerprint density at radius 1 is 1.00 bits per heavy atom. The van der Waals surface area contributed by atoms with Crippen LogP contribution < -0.4 is 0 Å². The number of benzene rings is 1. The van der Waals surface area contributed by atoms with Crippen molar-refractivity contribution in [3.63, 3.8) is 0 Å². The van der Waals surface area contributed by atoms with E-state index in [-0.39, 0.29) is 11.5 Å². The van der Waals surface area contributed by atoms with E-state index in [0.717, 1.165) is 17.8 Å². The van der Waals surface area contributed by atoms with Gasteiger partial charge in [0, 0.05) is 5.41 Å². The molecule has 4 aliphatic rings. The second-order valence-electron chi connectivity index (χ2n) is 8.04. The fraction of sp³-hybridized carbons (Fsp3) is 0.684. The topological polar surface area (TPSA) is 20.2 Å². The van der Waals surface area contributed by atoms with Crippen molar-refractivity contribution in [1.82, 2.24) is 0 Å². The molecule has 0 heterocycles. The predicted molar refractivity (Wildman–Crippen MR) is 81.5 cm³/mol. The number of rotatable bonds is 2. The number of aliphatic hydroxyl groups is 1.